The van der Waals surface area contributed by atoms with Gasteiger partial charge in [0.2, 0.25) is 5.91 Å². The summed E-state index contributed by atoms with van der Waals surface area (Å²) in [5.74, 6) is -0.227. The maximum atomic E-state index is 12.7. The van der Waals surface area contributed by atoms with Gasteiger partial charge in [0, 0.05) is 38.1 Å². The zero-order valence-corrected chi connectivity index (χ0v) is 15.9. The molecule has 138 valence electrons. The Labute approximate surface area is 151 Å². The monoisotopic (exact) mass is 386 g/mol. The van der Waals surface area contributed by atoms with Gasteiger partial charge < -0.3 is 5.32 Å². The minimum Gasteiger partial charge on any atom is -0.322 e. The van der Waals surface area contributed by atoms with Crippen molar-refractivity contribution in [1.82, 2.24) is 19.4 Å². The highest BCUT2D eigenvalue weighted by Crippen LogP contribution is 2.26. The highest BCUT2D eigenvalue weighted by Gasteiger charge is 2.36. The first kappa shape index (κ1) is 18.3. The first-order valence-electron chi connectivity index (χ1n) is 8.23. The Morgan fingerprint density at radius 3 is 2.44 bits per heavy atom. The van der Waals surface area contributed by atoms with Gasteiger partial charge >= 0.3 is 6.03 Å². The quantitative estimate of drug-likeness (QED) is 0.815. The van der Waals surface area contributed by atoms with Crippen LogP contribution in [0.5, 0.6) is 0 Å². The van der Waals surface area contributed by atoms with E-state index < -0.39 is 16.1 Å². The van der Waals surface area contributed by atoms with Crippen LogP contribution in [0.4, 0.5) is 4.79 Å². The molecule has 2 aliphatic rings. The van der Waals surface area contributed by atoms with Crippen molar-refractivity contribution in [2.24, 2.45) is 0 Å². The van der Waals surface area contributed by atoms with Crippen molar-refractivity contribution in [1.29, 1.82) is 0 Å². The molecule has 3 amide bonds. The standard InChI is InChI=1S/C15H22N4O4S2/c1-3-11-4-5-14(24-11)25(22,23)19-8-6-18(7-9-19)12-10-13(20)17(2)15(21)16-12/h4-5,12H,3,6-10H2,1-2H3,(H,16,21). The number of imide groups is 1. The Balaban J connectivity index is 1.63. The number of sulfonamides is 1. The van der Waals surface area contributed by atoms with Gasteiger partial charge in [0.05, 0.1) is 12.6 Å². The third-order valence-electron chi connectivity index (χ3n) is 4.63. The van der Waals surface area contributed by atoms with Crippen molar-refractivity contribution in [2.45, 2.75) is 30.1 Å². The van der Waals surface area contributed by atoms with Crippen molar-refractivity contribution >= 4 is 33.3 Å². The molecule has 8 nitrogen and oxygen atoms in total. The molecule has 3 rings (SSSR count). The smallest absolute Gasteiger partial charge is 0.322 e. The van der Waals surface area contributed by atoms with E-state index in [4.69, 9.17) is 0 Å². The summed E-state index contributed by atoms with van der Waals surface area (Å²) >= 11 is 1.31. The van der Waals surface area contributed by atoms with Gasteiger partial charge in [-0.2, -0.15) is 4.31 Å². The number of nitrogens with zero attached hydrogens (tertiary/aromatic N) is 3. The lowest BCUT2D eigenvalue weighted by Crippen LogP contribution is -2.62. The number of piperazine rings is 1. The molecule has 0 saturated carbocycles. The lowest BCUT2D eigenvalue weighted by Gasteiger charge is -2.41. The average Bonchev–Trinajstić information content (AvgIpc) is 3.09. The van der Waals surface area contributed by atoms with Gasteiger partial charge in [0.15, 0.2) is 0 Å². The summed E-state index contributed by atoms with van der Waals surface area (Å²) in [6.07, 6.45) is 0.659. The van der Waals surface area contributed by atoms with Crippen LogP contribution < -0.4 is 5.32 Å². The number of nitrogens with one attached hydrogen (secondary N) is 1. The van der Waals surface area contributed by atoms with E-state index in [9.17, 15) is 18.0 Å². The van der Waals surface area contributed by atoms with Crippen molar-refractivity contribution < 1.29 is 18.0 Å². The molecule has 2 aliphatic heterocycles. The maximum absolute atomic E-state index is 12.7. The van der Waals surface area contributed by atoms with E-state index in [1.807, 2.05) is 17.9 Å². The van der Waals surface area contributed by atoms with Crippen LogP contribution in [-0.2, 0) is 21.2 Å². The molecule has 10 heteroatoms. The van der Waals surface area contributed by atoms with E-state index in [0.29, 0.717) is 30.4 Å². The van der Waals surface area contributed by atoms with Gasteiger partial charge in [-0.15, -0.1) is 11.3 Å². The highest BCUT2D eigenvalue weighted by molar-refractivity contribution is 7.91. The Morgan fingerprint density at radius 1 is 1.20 bits per heavy atom. The van der Waals surface area contributed by atoms with Crippen LogP contribution in [0.1, 0.15) is 18.2 Å². The number of carbonyl (C=O) groups is 2. The zero-order chi connectivity index (χ0) is 18.2. The molecule has 1 unspecified atom stereocenters. The summed E-state index contributed by atoms with van der Waals surface area (Å²) in [6, 6.07) is 3.11. The molecule has 1 atom stereocenters. The van der Waals surface area contributed by atoms with Crippen molar-refractivity contribution in [3.05, 3.63) is 17.0 Å². The lowest BCUT2D eigenvalue weighted by molar-refractivity contribution is -0.130. The summed E-state index contributed by atoms with van der Waals surface area (Å²) < 4.78 is 27.3. The molecule has 3 heterocycles. The second-order valence-corrected chi connectivity index (χ2v) is 9.47. The van der Waals surface area contributed by atoms with Crippen LogP contribution in [0.2, 0.25) is 0 Å². The van der Waals surface area contributed by atoms with Crippen LogP contribution in [0.25, 0.3) is 0 Å². The van der Waals surface area contributed by atoms with Gasteiger partial charge in [-0.3, -0.25) is 14.6 Å². The number of rotatable bonds is 4. The van der Waals surface area contributed by atoms with Crippen LogP contribution in [-0.4, -0.2) is 73.9 Å². The van der Waals surface area contributed by atoms with Crippen LogP contribution in [0.3, 0.4) is 0 Å². The second kappa shape index (κ2) is 7.02. The Hall–Kier alpha value is -1.49. The fourth-order valence-corrected chi connectivity index (χ4v) is 5.87. The molecule has 25 heavy (non-hydrogen) atoms. The van der Waals surface area contributed by atoms with Crippen molar-refractivity contribution in [2.75, 3.05) is 33.2 Å². The SMILES string of the molecule is CCc1ccc(S(=O)(=O)N2CCN(C3CC(=O)N(C)C(=O)N3)CC2)s1. The van der Waals surface area contributed by atoms with Gasteiger partial charge in [-0.05, 0) is 18.6 Å². The highest BCUT2D eigenvalue weighted by atomic mass is 32.2. The van der Waals surface area contributed by atoms with Crippen molar-refractivity contribution in [3.63, 3.8) is 0 Å². The van der Waals surface area contributed by atoms with Crippen LogP contribution in [0.15, 0.2) is 16.3 Å². The number of thiophene rings is 1. The molecular formula is C15H22N4O4S2. The van der Waals surface area contributed by atoms with E-state index >= 15 is 0 Å². The number of hydrogen-bond acceptors (Lipinski definition) is 6. The third kappa shape index (κ3) is 3.57. The number of urea groups is 1. The molecule has 1 aromatic rings. The summed E-state index contributed by atoms with van der Waals surface area (Å²) in [4.78, 5) is 27.7. The number of amides is 3. The van der Waals surface area contributed by atoms with Gasteiger partial charge in [0.25, 0.3) is 10.0 Å². The van der Waals surface area contributed by atoms with Crippen molar-refractivity contribution in [3.8, 4) is 0 Å². The molecule has 1 aromatic heterocycles. The molecule has 1 N–H and O–H groups in total. The fraction of sp³-hybridized carbons (Fsp3) is 0.600. The molecule has 0 aromatic carbocycles. The topological polar surface area (TPSA) is 90.0 Å². The van der Waals surface area contributed by atoms with E-state index in [1.165, 1.54) is 22.7 Å². The second-order valence-electron chi connectivity index (χ2n) is 6.14. The largest absolute Gasteiger partial charge is 0.325 e. The summed E-state index contributed by atoms with van der Waals surface area (Å²) in [5, 5.41) is 2.79. The number of carbonyl (C=O) groups excluding carboxylic acids is 2. The van der Waals surface area contributed by atoms with Gasteiger partial charge in [-0.1, -0.05) is 6.92 Å². The van der Waals surface area contributed by atoms with E-state index in [2.05, 4.69) is 5.32 Å². The predicted octanol–water partition coefficient (Wildman–Crippen LogP) is 0.515. The molecule has 0 aliphatic carbocycles. The van der Waals surface area contributed by atoms with E-state index in [0.717, 1.165) is 16.2 Å². The van der Waals surface area contributed by atoms with Crippen LogP contribution >= 0.6 is 11.3 Å². The Morgan fingerprint density at radius 2 is 1.88 bits per heavy atom. The molecule has 2 fully saturated rings. The molecular weight excluding hydrogens is 364 g/mol. The Kier molecular flexibility index (Phi) is 5.14. The van der Waals surface area contributed by atoms with Gasteiger partial charge in [-0.25, -0.2) is 13.2 Å². The molecule has 0 bridgehead atoms. The zero-order valence-electron chi connectivity index (χ0n) is 14.3. The fourth-order valence-electron chi connectivity index (χ4n) is 3.00. The third-order valence-corrected chi connectivity index (χ3v) is 8.23. The summed E-state index contributed by atoms with van der Waals surface area (Å²) in [5.41, 5.74) is 0. The Bertz CT molecular complexity index is 750. The first-order chi connectivity index (χ1) is 11.8. The number of aryl methyl sites for hydroxylation is 1. The normalized spacial score (nSPS) is 23.8. The molecule has 0 radical (unpaired) electrons. The first-order valence-corrected chi connectivity index (χ1v) is 10.5. The number of hydrogen-bond donors (Lipinski definition) is 1. The summed E-state index contributed by atoms with van der Waals surface area (Å²) in [6.45, 7) is 3.65. The average molecular weight is 386 g/mol. The van der Waals surface area contributed by atoms with E-state index in [1.54, 1.807) is 6.07 Å². The van der Waals surface area contributed by atoms with Gasteiger partial charge in [0.1, 0.15) is 4.21 Å². The minimum atomic E-state index is -3.47. The summed E-state index contributed by atoms with van der Waals surface area (Å²) in [7, 11) is -2.02. The predicted molar refractivity (Wildman–Crippen MR) is 93.7 cm³/mol. The lowest BCUT2D eigenvalue weighted by atomic mass is 10.2. The molecule has 2 saturated heterocycles. The van der Waals surface area contributed by atoms with E-state index in [-0.39, 0.29) is 18.5 Å². The van der Waals surface area contributed by atoms with Crippen LogP contribution in [0, 0.1) is 0 Å². The minimum absolute atomic E-state index is 0.208. The maximum Gasteiger partial charge on any atom is 0.325 e. The molecule has 0 spiro atoms.